The summed E-state index contributed by atoms with van der Waals surface area (Å²) in [5, 5.41) is 22.2. The molecule has 0 bridgehead atoms. The van der Waals surface area contributed by atoms with Crippen LogP contribution in [0.15, 0.2) is 42.5 Å². The van der Waals surface area contributed by atoms with Gasteiger partial charge in [0.15, 0.2) is 12.4 Å². The van der Waals surface area contributed by atoms with E-state index < -0.39 is 41.5 Å². The van der Waals surface area contributed by atoms with Gasteiger partial charge in [0.25, 0.3) is 17.7 Å². The van der Waals surface area contributed by atoms with Crippen molar-refractivity contribution in [2.75, 3.05) is 20.3 Å². The van der Waals surface area contributed by atoms with E-state index in [4.69, 9.17) is 14.7 Å². The van der Waals surface area contributed by atoms with Crippen molar-refractivity contribution in [3.8, 4) is 17.6 Å². The van der Waals surface area contributed by atoms with Crippen LogP contribution in [-0.2, 0) is 9.59 Å². The highest BCUT2D eigenvalue weighted by Crippen LogP contribution is 2.27. The van der Waals surface area contributed by atoms with E-state index in [9.17, 15) is 24.5 Å². The number of ether oxygens (including phenoxy) is 2. The number of nitrogens with zero attached hydrogens (tertiary/aromatic N) is 2. The van der Waals surface area contributed by atoms with Gasteiger partial charge >= 0.3 is 5.69 Å². The van der Waals surface area contributed by atoms with Gasteiger partial charge in [-0.3, -0.25) is 35.3 Å². The van der Waals surface area contributed by atoms with Crippen molar-refractivity contribution in [2.24, 2.45) is 0 Å². The van der Waals surface area contributed by atoms with Crippen molar-refractivity contribution in [3.63, 3.8) is 0 Å². The minimum Gasteiger partial charge on any atom is -0.490 e. The lowest BCUT2D eigenvalue weighted by atomic mass is 10.1. The van der Waals surface area contributed by atoms with Gasteiger partial charge in [-0.2, -0.15) is 5.26 Å². The SMILES string of the molecule is COc1ccc(C(=O)NCC(=O)NNC(=O)COc2ccccc2C#N)cc1[N+](=O)[O-]. The second-order valence-corrected chi connectivity index (χ2v) is 5.82. The molecule has 0 unspecified atom stereocenters. The number of carbonyl (C=O) groups is 3. The molecule has 0 saturated carbocycles. The smallest absolute Gasteiger partial charge is 0.311 e. The van der Waals surface area contributed by atoms with Crippen LogP contribution in [-0.4, -0.2) is 42.9 Å². The van der Waals surface area contributed by atoms with E-state index >= 15 is 0 Å². The minimum absolute atomic E-state index is 0.0124. The second-order valence-electron chi connectivity index (χ2n) is 5.82. The highest BCUT2D eigenvalue weighted by molar-refractivity contribution is 5.97. The zero-order valence-corrected chi connectivity index (χ0v) is 16.2. The summed E-state index contributed by atoms with van der Waals surface area (Å²) >= 11 is 0. The minimum atomic E-state index is -0.748. The van der Waals surface area contributed by atoms with E-state index in [1.807, 2.05) is 6.07 Å². The van der Waals surface area contributed by atoms with Crippen LogP contribution in [0.3, 0.4) is 0 Å². The van der Waals surface area contributed by atoms with Crippen molar-refractivity contribution < 1.29 is 28.8 Å². The van der Waals surface area contributed by atoms with Crippen LogP contribution in [0.1, 0.15) is 15.9 Å². The van der Waals surface area contributed by atoms with Crippen LogP contribution in [0.5, 0.6) is 11.5 Å². The van der Waals surface area contributed by atoms with Crippen molar-refractivity contribution in [3.05, 3.63) is 63.7 Å². The summed E-state index contributed by atoms with van der Waals surface area (Å²) in [6.07, 6.45) is 0. The summed E-state index contributed by atoms with van der Waals surface area (Å²) in [4.78, 5) is 45.9. The molecule has 31 heavy (non-hydrogen) atoms. The number of hydrogen-bond donors (Lipinski definition) is 3. The molecule has 2 rings (SSSR count). The normalized spacial score (nSPS) is 9.68. The molecular formula is C19H17N5O7. The van der Waals surface area contributed by atoms with Gasteiger partial charge in [0, 0.05) is 11.6 Å². The Hall–Kier alpha value is -4.66. The summed E-state index contributed by atoms with van der Waals surface area (Å²) in [5.41, 5.74) is 3.97. The van der Waals surface area contributed by atoms with Crippen LogP contribution >= 0.6 is 0 Å². The fourth-order valence-corrected chi connectivity index (χ4v) is 2.28. The lowest BCUT2D eigenvalue weighted by Crippen LogP contribution is -2.47. The van der Waals surface area contributed by atoms with Gasteiger partial charge in [0.2, 0.25) is 0 Å². The van der Waals surface area contributed by atoms with Gasteiger partial charge in [0.05, 0.1) is 24.1 Å². The molecule has 0 heterocycles. The summed E-state index contributed by atoms with van der Waals surface area (Å²) in [6.45, 7) is -0.960. The van der Waals surface area contributed by atoms with Crippen LogP contribution in [0, 0.1) is 21.4 Å². The lowest BCUT2D eigenvalue weighted by molar-refractivity contribution is -0.385. The molecule has 0 aliphatic rings. The Morgan fingerprint density at radius 3 is 2.48 bits per heavy atom. The zero-order chi connectivity index (χ0) is 22.8. The number of hydrazine groups is 1. The number of para-hydroxylation sites is 1. The molecule has 12 heteroatoms. The second kappa shape index (κ2) is 10.8. The molecule has 0 aliphatic carbocycles. The standard InChI is InChI=1S/C19H17N5O7/c1-30-16-7-6-12(8-14(16)24(28)29)19(27)21-10-17(25)22-23-18(26)11-31-15-5-3-2-4-13(15)9-20/h2-8H,10-11H2,1H3,(H,21,27)(H,22,25)(H,23,26). The van der Waals surface area contributed by atoms with E-state index in [0.717, 1.165) is 6.07 Å². The number of nitro groups is 1. The summed E-state index contributed by atoms with van der Waals surface area (Å²) in [6, 6.07) is 11.8. The Morgan fingerprint density at radius 1 is 1.10 bits per heavy atom. The van der Waals surface area contributed by atoms with Gasteiger partial charge in [0.1, 0.15) is 11.8 Å². The Bertz CT molecular complexity index is 1050. The third kappa shape index (κ3) is 6.43. The first-order valence-corrected chi connectivity index (χ1v) is 8.66. The maximum Gasteiger partial charge on any atom is 0.311 e. The van der Waals surface area contributed by atoms with Gasteiger partial charge in [-0.05, 0) is 24.3 Å². The molecule has 2 aromatic rings. The molecule has 0 saturated heterocycles. The monoisotopic (exact) mass is 427 g/mol. The molecule has 0 radical (unpaired) electrons. The summed E-state index contributed by atoms with van der Waals surface area (Å²) in [5.74, 6) is -1.97. The van der Waals surface area contributed by atoms with Crippen LogP contribution in [0.2, 0.25) is 0 Å². The van der Waals surface area contributed by atoms with Crippen molar-refractivity contribution in [2.45, 2.75) is 0 Å². The van der Waals surface area contributed by atoms with Crippen LogP contribution in [0.4, 0.5) is 5.69 Å². The number of nitriles is 1. The van der Waals surface area contributed by atoms with Crippen molar-refractivity contribution >= 4 is 23.4 Å². The Morgan fingerprint density at radius 2 is 1.81 bits per heavy atom. The van der Waals surface area contributed by atoms with E-state index in [-0.39, 0.29) is 22.6 Å². The van der Waals surface area contributed by atoms with Gasteiger partial charge in [-0.1, -0.05) is 12.1 Å². The molecule has 0 aromatic heterocycles. The number of nitro benzene ring substituents is 1. The Balaban J connectivity index is 1.79. The predicted molar refractivity (Wildman–Crippen MR) is 105 cm³/mol. The summed E-state index contributed by atoms with van der Waals surface area (Å²) in [7, 11) is 1.26. The fourth-order valence-electron chi connectivity index (χ4n) is 2.28. The fraction of sp³-hybridized carbons (Fsp3) is 0.158. The average Bonchev–Trinajstić information content (AvgIpc) is 2.79. The molecule has 160 valence electrons. The predicted octanol–water partition coefficient (Wildman–Crippen LogP) is 0.431. The number of amides is 3. The molecular weight excluding hydrogens is 410 g/mol. The van der Waals surface area contributed by atoms with Gasteiger partial charge in [-0.25, -0.2) is 0 Å². The molecule has 0 atom stereocenters. The number of methoxy groups -OCH3 is 1. The molecule has 3 amide bonds. The third-order valence-electron chi connectivity index (χ3n) is 3.75. The van der Waals surface area contributed by atoms with E-state index in [1.165, 1.54) is 31.4 Å². The molecule has 0 fully saturated rings. The van der Waals surface area contributed by atoms with Crippen LogP contribution < -0.4 is 25.6 Å². The highest BCUT2D eigenvalue weighted by Gasteiger charge is 2.18. The maximum atomic E-state index is 12.1. The Labute approximate surface area is 175 Å². The largest absolute Gasteiger partial charge is 0.490 e. The van der Waals surface area contributed by atoms with Gasteiger partial charge < -0.3 is 14.8 Å². The number of carbonyl (C=O) groups excluding carboxylic acids is 3. The van der Waals surface area contributed by atoms with Crippen molar-refractivity contribution in [1.29, 1.82) is 5.26 Å². The van der Waals surface area contributed by atoms with E-state index in [1.54, 1.807) is 12.1 Å². The number of rotatable bonds is 8. The lowest BCUT2D eigenvalue weighted by Gasteiger charge is -2.10. The molecule has 0 aliphatic heterocycles. The Kier molecular flexibility index (Phi) is 7.86. The maximum absolute atomic E-state index is 12.1. The number of hydrogen-bond acceptors (Lipinski definition) is 8. The zero-order valence-electron chi connectivity index (χ0n) is 16.2. The molecule has 12 nitrogen and oxygen atoms in total. The first-order chi connectivity index (χ1) is 14.8. The first-order valence-electron chi connectivity index (χ1n) is 8.66. The molecule has 3 N–H and O–H groups in total. The van der Waals surface area contributed by atoms with Gasteiger partial charge in [-0.15, -0.1) is 0 Å². The molecule has 2 aromatic carbocycles. The number of nitrogens with one attached hydrogen (secondary N) is 3. The highest BCUT2D eigenvalue weighted by atomic mass is 16.6. The number of benzene rings is 2. The van der Waals surface area contributed by atoms with E-state index in [0.29, 0.717) is 0 Å². The topological polar surface area (TPSA) is 173 Å². The van der Waals surface area contributed by atoms with Crippen molar-refractivity contribution in [1.82, 2.24) is 16.2 Å². The van der Waals surface area contributed by atoms with E-state index in [2.05, 4.69) is 16.2 Å². The third-order valence-corrected chi connectivity index (χ3v) is 3.75. The quantitative estimate of drug-likeness (QED) is 0.402. The first kappa shape index (κ1) is 22.6. The molecule has 0 spiro atoms. The average molecular weight is 427 g/mol. The summed E-state index contributed by atoms with van der Waals surface area (Å²) < 4.78 is 10.1. The van der Waals surface area contributed by atoms with Crippen LogP contribution in [0.25, 0.3) is 0 Å².